The molecule has 0 spiro atoms. The highest BCUT2D eigenvalue weighted by molar-refractivity contribution is 9.10. The van der Waals surface area contributed by atoms with Gasteiger partial charge in [-0.25, -0.2) is 0 Å². The van der Waals surface area contributed by atoms with E-state index >= 15 is 0 Å². The average molecular weight is 314 g/mol. The Bertz CT molecular complexity index is 704. The Morgan fingerprint density at radius 2 is 1.79 bits per heavy atom. The molecule has 2 nitrogen and oxygen atoms in total. The van der Waals surface area contributed by atoms with E-state index in [1.807, 2.05) is 54.7 Å². The van der Waals surface area contributed by atoms with Gasteiger partial charge in [0, 0.05) is 22.3 Å². The molecule has 0 radical (unpaired) electrons. The van der Waals surface area contributed by atoms with Gasteiger partial charge >= 0.3 is 0 Å². The standard InChI is InChI=1S/C16H12BrNO/c17-13-6-4-11(5-7-13)16(19)15-3-1-2-12-10-18-9-8-14(12)15/h1-10,16,19H. The van der Waals surface area contributed by atoms with Crippen LogP contribution in [0.1, 0.15) is 17.2 Å². The average Bonchev–Trinajstić information content (AvgIpc) is 2.47. The number of rotatable bonds is 2. The molecular formula is C16H12BrNO. The Hall–Kier alpha value is -1.71. The van der Waals surface area contributed by atoms with E-state index in [-0.39, 0.29) is 0 Å². The Morgan fingerprint density at radius 1 is 1.00 bits per heavy atom. The number of benzene rings is 2. The van der Waals surface area contributed by atoms with Crippen LogP contribution in [-0.2, 0) is 0 Å². The number of hydrogen-bond acceptors (Lipinski definition) is 2. The second-order valence-corrected chi connectivity index (χ2v) is 5.31. The molecule has 3 aromatic rings. The van der Waals surface area contributed by atoms with Crippen LogP contribution in [0.15, 0.2) is 65.4 Å². The van der Waals surface area contributed by atoms with Crippen molar-refractivity contribution in [1.82, 2.24) is 4.98 Å². The van der Waals surface area contributed by atoms with Crippen LogP contribution < -0.4 is 0 Å². The van der Waals surface area contributed by atoms with Crippen LogP contribution in [0.2, 0.25) is 0 Å². The fraction of sp³-hybridized carbons (Fsp3) is 0.0625. The van der Waals surface area contributed by atoms with Gasteiger partial charge in [-0.2, -0.15) is 0 Å². The fourth-order valence-electron chi connectivity index (χ4n) is 2.21. The van der Waals surface area contributed by atoms with Crippen molar-refractivity contribution < 1.29 is 5.11 Å². The van der Waals surface area contributed by atoms with Crippen LogP contribution in [0.25, 0.3) is 10.8 Å². The predicted molar refractivity (Wildman–Crippen MR) is 79.9 cm³/mol. The zero-order valence-corrected chi connectivity index (χ0v) is 11.7. The minimum Gasteiger partial charge on any atom is -0.384 e. The maximum atomic E-state index is 10.5. The van der Waals surface area contributed by atoms with Crippen molar-refractivity contribution in [3.63, 3.8) is 0 Å². The number of aromatic nitrogens is 1. The number of aliphatic hydroxyl groups excluding tert-OH is 1. The Morgan fingerprint density at radius 3 is 2.58 bits per heavy atom. The number of nitrogens with zero attached hydrogens (tertiary/aromatic N) is 1. The maximum absolute atomic E-state index is 10.5. The molecule has 0 aliphatic rings. The second-order valence-electron chi connectivity index (χ2n) is 4.40. The van der Waals surface area contributed by atoms with Gasteiger partial charge in [0.05, 0.1) is 0 Å². The van der Waals surface area contributed by atoms with Crippen LogP contribution in [-0.4, -0.2) is 10.1 Å². The summed E-state index contributed by atoms with van der Waals surface area (Å²) in [5.41, 5.74) is 1.79. The van der Waals surface area contributed by atoms with Gasteiger partial charge in [-0.05, 0) is 34.7 Å². The molecule has 0 fully saturated rings. The summed E-state index contributed by atoms with van der Waals surface area (Å²) in [6.45, 7) is 0. The highest BCUT2D eigenvalue weighted by Gasteiger charge is 2.13. The van der Waals surface area contributed by atoms with Gasteiger partial charge in [0.25, 0.3) is 0 Å². The number of pyridine rings is 1. The Labute approximate surface area is 119 Å². The lowest BCUT2D eigenvalue weighted by molar-refractivity contribution is 0.222. The molecule has 1 heterocycles. The molecule has 0 aliphatic heterocycles. The van der Waals surface area contributed by atoms with Gasteiger partial charge < -0.3 is 5.11 Å². The van der Waals surface area contributed by atoms with E-state index < -0.39 is 6.10 Å². The van der Waals surface area contributed by atoms with Crippen LogP contribution in [0.4, 0.5) is 0 Å². The monoisotopic (exact) mass is 313 g/mol. The number of halogens is 1. The molecule has 0 saturated carbocycles. The van der Waals surface area contributed by atoms with Crippen LogP contribution in [0.3, 0.4) is 0 Å². The number of fused-ring (bicyclic) bond motifs is 1. The van der Waals surface area contributed by atoms with E-state index in [1.165, 1.54) is 0 Å². The van der Waals surface area contributed by atoms with Gasteiger partial charge in [0.15, 0.2) is 0 Å². The summed E-state index contributed by atoms with van der Waals surface area (Å²) in [7, 11) is 0. The molecule has 1 unspecified atom stereocenters. The summed E-state index contributed by atoms with van der Waals surface area (Å²) >= 11 is 3.40. The van der Waals surface area contributed by atoms with Crippen LogP contribution in [0, 0.1) is 0 Å². The van der Waals surface area contributed by atoms with Crippen molar-refractivity contribution >= 4 is 26.7 Å². The zero-order chi connectivity index (χ0) is 13.2. The van der Waals surface area contributed by atoms with E-state index in [1.54, 1.807) is 6.20 Å². The summed E-state index contributed by atoms with van der Waals surface area (Å²) in [6, 6.07) is 15.6. The highest BCUT2D eigenvalue weighted by Crippen LogP contribution is 2.29. The SMILES string of the molecule is OC(c1ccc(Br)cc1)c1cccc2cnccc12. The Kier molecular flexibility index (Phi) is 3.32. The number of hydrogen-bond donors (Lipinski definition) is 1. The van der Waals surface area contributed by atoms with Crippen LogP contribution in [0.5, 0.6) is 0 Å². The lowest BCUT2D eigenvalue weighted by Crippen LogP contribution is -2.00. The van der Waals surface area contributed by atoms with E-state index in [4.69, 9.17) is 0 Å². The maximum Gasteiger partial charge on any atom is 0.105 e. The van der Waals surface area contributed by atoms with Crippen molar-refractivity contribution in [3.05, 3.63) is 76.5 Å². The van der Waals surface area contributed by atoms with Crippen LogP contribution >= 0.6 is 15.9 Å². The molecule has 1 atom stereocenters. The second kappa shape index (κ2) is 5.11. The van der Waals surface area contributed by atoms with Crippen molar-refractivity contribution in [2.75, 3.05) is 0 Å². The van der Waals surface area contributed by atoms with Gasteiger partial charge in [0.1, 0.15) is 6.10 Å². The summed E-state index contributed by atoms with van der Waals surface area (Å²) < 4.78 is 1.01. The van der Waals surface area contributed by atoms with Crippen molar-refractivity contribution in [1.29, 1.82) is 0 Å². The minimum absolute atomic E-state index is 0.626. The molecular weight excluding hydrogens is 302 g/mol. The summed E-state index contributed by atoms with van der Waals surface area (Å²) in [6.07, 6.45) is 2.94. The fourth-order valence-corrected chi connectivity index (χ4v) is 2.48. The van der Waals surface area contributed by atoms with Crippen molar-refractivity contribution in [2.24, 2.45) is 0 Å². The zero-order valence-electron chi connectivity index (χ0n) is 10.1. The van der Waals surface area contributed by atoms with E-state index in [2.05, 4.69) is 20.9 Å². The molecule has 2 aromatic carbocycles. The molecule has 1 N–H and O–H groups in total. The first-order valence-corrected chi connectivity index (χ1v) is 6.81. The highest BCUT2D eigenvalue weighted by atomic mass is 79.9. The van der Waals surface area contributed by atoms with Crippen molar-refractivity contribution in [2.45, 2.75) is 6.10 Å². The number of aliphatic hydroxyl groups is 1. The van der Waals surface area contributed by atoms with E-state index in [9.17, 15) is 5.11 Å². The van der Waals surface area contributed by atoms with Crippen molar-refractivity contribution in [3.8, 4) is 0 Å². The smallest absolute Gasteiger partial charge is 0.105 e. The Balaban J connectivity index is 2.11. The lowest BCUT2D eigenvalue weighted by Gasteiger charge is -2.14. The first-order valence-electron chi connectivity index (χ1n) is 6.02. The normalized spacial score (nSPS) is 12.5. The predicted octanol–water partition coefficient (Wildman–Crippen LogP) is 4.08. The minimum atomic E-state index is -0.626. The topological polar surface area (TPSA) is 33.1 Å². The van der Waals surface area contributed by atoms with Gasteiger partial charge in [0.2, 0.25) is 0 Å². The van der Waals surface area contributed by atoms with Gasteiger partial charge in [-0.3, -0.25) is 4.98 Å². The van der Waals surface area contributed by atoms with Gasteiger partial charge in [-0.1, -0.05) is 46.3 Å². The van der Waals surface area contributed by atoms with Gasteiger partial charge in [-0.15, -0.1) is 0 Å². The molecule has 0 bridgehead atoms. The molecule has 0 saturated heterocycles. The third-order valence-corrected chi connectivity index (χ3v) is 3.72. The molecule has 3 rings (SSSR count). The third-order valence-electron chi connectivity index (χ3n) is 3.19. The van der Waals surface area contributed by atoms with E-state index in [0.717, 1.165) is 26.4 Å². The first-order chi connectivity index (χ1) is 9.25. The summed E-state index contributed by atoms with van der Waals surface area (Å²) in [5, 5.41) is 12.6. The molecule has 0 amide bonds. The first kappa shape index (κ1) is 12.3. The molecule has 3 heteroatoms. The molecule has 1 aromatic heterocycles. The van der Waals surface area contributed by atoms with E-state index in [0.29, 0.717) is 0 Å². The quantitative estimate of drug-likeness (QED) is 0.773. The lowest BCUT2D eigenvalue weighted by atomic mass is 9.97. The largest absolute Gasteiger partial charge is 0.384 e. The third kappa shape index (κ3) is 2.39. The summed E-state index contributed by atoms with van der Waals surface area (Å²) in [5.74, 6) is 0. The molecule has 19 heavy (non-hydrogen) atoms. The summed E-state index contributed by atoms with van der Waals surface area (Å²) in [4.78, 5) is 4.11. The molecule has 0 aliphatic carbocycles. The molecule has 94 valence electrons.